The maximum absolute atomic E-state index is 15.2. The summed E-state index contributed by atoms with van der Waals surface area (Å²) in [6, 6.07) is 2.33. The molecule has 0 atom stereocenters. The number of amides is 1. The van der Waals surface area contributed by atoms with Crippen molar-refractivity contribution in [3.05, 3.63) is 46.4 Å². The van der Waals surface area contributed by atoms with Crippen LogP contribution < -0.4 is 14.4 Å². The second-order valence-electron chi connectivity index (χ2n) is 8.52. The SMILES string of the molecule is COCCN(C(=O)OC(C)(C)C)c1c(C(=O)c2c(F)c(OC)cc(OC)c2F)oc2cnc(Cl)cc12. The Hall–Kier alpha value is -3.44. The largest absolute Gasteiger partial charge is 0.494 e. The average molecular weight is 527 g/mol. The van der Waals surface area contributed by atoms with Crippen LogP contribution in [0.15, 0.2) is 22.7 Å². The minimum absolute atomic E-state index is 0.0276. The standard InChI is InChI=1S/C24H25ClF2N2O7/c1-24(2,3)36-23(31)29(7-8-32-4)20-12-9-16(25)28-11-15(12)35-22(20)21(30)17-18(26)13(33-5)10-14(34-6)19(17)27/h9-11H,7-8H2,1-6H3. The van der Waals surface area contributed by atoms with Crippen LogP contribution >= 0.6 is 11.6 Å². The molecule has 0 aliphatic carbocycles. The zero-order valence-electron chi connectivity index (χ0n) is 20.5. The first kappa shape index (κ1) is 27.2. The van der Waals surface area contributed by atoms with Crippen molar-refractivity contribution in [3.63, 3.8) is 0 Å². The van der Waals surface area contributed by atoms with Crippen molar-refractivity contribution >= 4 is 40.1 Å². The Morgan fingerprint density at radius 3 is 2.22 bits per heavy atom. The lowest BCUT2D eigenvalue weighted by atomic mass is 10.0. The van der Waals surface area contributed by atoms with Gasteiger partial charge in [-0.15, -0.1) is 0 Å². The van der Waals surface area contributed by atoms with Gasteiger partial charge in [-0.05, 0) is 26.8 Å². The van der Waals surface area contributed by atoms with Crippen molar-refractivity contribution in [2.75, 3.05) is 39.4 Å². The Morgan fingerprint density at radius 2 is 1.69 bits per heavy atom. The number of carbonyl (C=O) groups excluding carboxylic acids is 2. The molecule has 0 spiro atoms. The molecule has 194 valence electrons. The van der Waals surface area contributed by atoms with E-state index in [0.717, 1.165) is 25.2 Å². The number of benzene rings is 1. The van der Waals surface area contributed by atoms with Crippen LogP contribution in [0.5, 0.6) is 11.5 Å². The number of ether oxygens (including phenoxy) is 4. The number of aromatic nitrogens is 1. The zero-order valence-corrected chi connectivity index (χ0v) is 21.3. The van der Waals surface area contributed by atoms with Gasteiger partial charge in [0.1, 0.15) is 22.0 Å². The summed E-state index contributed by atoms with van der Waals surface area (Å²) in [6.45, 7) is 4.92. The van der Waals surface area contributed by atoms with E-state index in [9.17, 15) is 9.59 Å². The van der Waals surface area contributed by atoms with Gasteiger partial charge in [0, 0.05) is 18.6 Å². The Bertz CT molecular complexity index is 1280. The predicted octanol–water partition coefficient (Wildman–Crippen LogP) is 5.40. The molecule has 0 unspecified atom stereocenters. The van der Waals surface area contributed by atoms with Gasteiger partial charge in [0.15, 0.2) is 34.5 Å². The van der Waals surface area contributed by atoms with Crippen LogP contribution in [0, 0.1) is 11.6 Å². The molecule has 0 saturated heterocycles. The number of hydrogen-bond donors (Lipinski definition) is 0. The quantitative estimate of drug-likeness (QED) is 0.284. The van der Waals surface area contributed by atoms with Crippen molar-refractivity contribution in [1.29, 1.82) is 0 Å². The number of halogens is 3. The molecule has 1 aromatic carbocycles. The van der Waals surface area contributed by atoms with Gasteiger partial charge < -0.3 is 23.4 Å². The molecule has 3 aromatic rings. The fourth-order valence-corrected chi connectivity index (χ4v) is 3.54. The van der Waals surface area contributed by atoms with Crippen LogP contribution in [0.4, 0.5) is 19.3 Å². The highest BCUT2D eigenvalue weighted by molar-refractivity contribution is 6.30. The van der Waals surface area contributed by atoms with Crippen LogP contribution in [0.2, 0.25) is 5.15 Å². The Labute approximate surface area is 210 Å². The van der Waals surface area contributed by atoms with Gasteiger partial charge in [-0.25, -0.2) is 18.6 Å². The summed E-state index contributed by atoms with van der Waals surface area (Å²) in [5.41, 5.74) is -1.98. The molecule has 2 aromatic heterocycles. The van der Waals surface area contributed by atoms with Crippen LogP contribution in [-0.2, 0) is 9.47 Å². The maximum atomic E-state index is 15.2. The number of rotatable bonds is 8. The van der Waals surface area contributed by atoms with Crippen LogP contribution in [0.3, 0.4) is 0 Å². The molecular formula is C24H25ClF2N2O7. The number of fused-ring (bicyclic) bond motifs is 1. The first-order valence-corrected chi connectivity index (χ1v) is 11.0. The topological polar surface area (TPSA) is 100 Å². The number of anilines is 1. The van der Waals surface area contributed by atoms with E-state index in [2.05, 4.69) is 4.98 Å². The zero-order chi connectivity index (χ0) is 26.8. The van der Waals surface area contributed by atoms with Crippen LogP contribution in [0.25, 0.3) is 11.0 Å². The molecule has 0 aliphatic rings. The van der Waals surface area contributed by atoms with Crippen molar-refractivity contribution in [2.24, 2.45) is 0 Å². The molecule has 0 N–H and O–H groups in total. The van der Waals surface area contributed by atoms with E-state index in [4.69, 9.17) is 35.0 Å². The third-order valence-electron chi connectivity index (χ3n) is 4.93. The lowest BCUT2D eigenvalue weighted by Gasteiger charge is -2.27. The number of nitrogens with zero attached hydrogens (tertiary/aromatic N) is 2. The van der Waals surface area contributed by atoms with Gasteiger partial charge in [-0.3, -0.25) is 9.69 Å². The molecular weight excluding hydrogens is 502 g/mol. The van der Waals surface area contributed by atoms with Gasteiger partial charge in [0.25, 0.3) is 0 Å². The minimum atomic E-state index is -1.27. The monoisotopic (exact) mass is 526 g/mol. The van der Waals surface area contributed by atoms with E-state index in [-0.39, 0.29) is 35.0 Å². The molecule has 0 saturated carbocycles. The number of ketones is 1. The number of hydrogen-bond acceptors (Lipinski definition) is 8. The normalized spacial score (nSPS) is 11.5. The number of carbonyl (C=O) groups is 2. The van der Waals surface area contributed by atoms with Crippen molar-refractivity contribution in [3.8, 4) is 11.5 Å². The van der Waals surface area contributed by atoms with E-state index >= 15 is 8.78 Å². The smallest absolute Gasteiger partial charge is 0.415 e. The third kappa shape index (κ3) is 5.36. The summed E-state index contributed by atoms with van der Waals surface area (Å²) in [6.07, 6.45) is 0.369. The van der Waals surface area contributed by atoms with Crippen molar-refractivity contribution in [1.82, 2.24) is 4.98 Å². The van der Waals surface area contributed by atoms with Gasteiger partial charge in [-0.1, -0.05) is 11.6 Å². The fraction of sp³-hybridized carbons (Fsp3) is 0.375. The molecule has 12 heteroatoms. The Kier molecular flexibility index (Phi) is 8.05. The summed E-state index contributed by atoms with van der Waals surface area (Å²) in [5.74, 6) is -5.17. The van der Waals surface area contributed by atoms with E-state index in [1.54, 1.807) is 20.8 Å². The Balaban J connectivity index is 2.32. The molecule has 9 nitrogen and oxygen atoms in total. The van der Waals surface area contributed by atoms with E-state index in [0.29, 0.717) is 0 Å². The molecule has 1 amide bonds. The molecule has 2 heterocycles. The minimum Gasteiger partial charge on any atom is -0.494 e. The van der Waals surface area contributed by atoms with Crippen molar-refractivity contribution in [2.45, 2.75) is 26.4 Å². The maximum Gasteiger partial charge on any atom is 0.415 e. The molecule has 0 radical (unpaired) electrons. The predicted molar refractivity (Wildman–Crippen MR) is 127 cm³/mol. The Morgan fingerprint density at radius 1 is 1.08 bits per heavy atom. The number of methoxy groups -OCH3 is 3. The highest BCUT2D eigenvalue weighted by atomic mass is 35.5. The molecule has 0 aliphatic heterocycles. The first-order valence-electron chi connectivity index (χ1n) is 10.7. The highest BCUT2D eigenvalue weighted by Gasteiger charge is 2.35. The van der Waals surface area contributed by atoms with Gasteiger partial charge in [0.2, 0.25) is 5.78 Å². The summed E-state index contributed by atoms with van der Waals surface area (Å²) < 4.78 is 56.5. The van der Waals surface area contributed by atoms with Crippen LogP contribution in [0.1, 0.15) is 36.9 Å². The average Bonchev–Trinajstić information content (AvgIpc) is 3.17. The first-order chi connectivity index (χ1) is 16.9. The molecule has 36 heavy (non-hydrogen) atoms. The van der Waals surface area contributed by atoms with Gasteiger partial charge in [-0.2, -0.15) is 0 Å². The van der Waals surface area contributed by atoms with Crippen LogP contribution in [-0.4, -0.2) is 56.9 Å². The highest BCUT2D eigenvalue weighted by Crippen LogP contribution is 2.39. The van der Waals surface area contributed by atoms with Crippen molar-refractivity contribution < 1.29 is 41.7 Å². The van der Waals surface area contributed by atoms with Gasteiger partial charge >= 0.3 is 6.09 Å². The lowest BCUT2D eigenvalue weighted by Crippen LogP contribution is -2.39. The second kappa shape index (κ2) is 10.7. The fourth-order valence-electron chi connectivity index (χ4n) is 3.38. The van der Waals surface area contributed by atoms with E-state index < -0.39 is 51.9 Å². The lowest BCUT2D eigenvalue weighted by molar-refractivity contribution is 0.0569. The number of pyridine rings is 1. The summed E-state index contributed by atoms with van der Waals surface area (Å²) >= 11 is 6.07. The number of furan rings is 1. The summed E-state index contributed by atoms with van der Waals surface area (Å²) in [7, 11) is 3.72. The molecule has 3 rings (SSSR count). The summed E-state index contributed by atoms with van der Waals surface area (Å²) in [5, 5.41) is 0.218. The summed E-state index contributed by atoms with van der Waals surface area (Å²) in [4.78, 5) is 31.8. The molecule has 0 bridgehead atoms. The second-order valence-corrected chi connectivity index (χ2v) is 8.91. The molecule has 0 fully saturated rings. The van der Waals surface area contributed by atoms with E-state index in [1.807, 2.05) is 0 Å². The van der Waals surface area contributed by atoms with E-state index in [1.165, 1.54) is 19.4 Å². The van der Waals surface area contributed by atoms with Gasteiger partial charge in [0.05, 0.1) is 33.6 Å². The third-order valence-corrected chi connectivity index (χ3v) is 5.13.